The summed E-state index contributed by atoms with van der Waals surface area (Å²) in [7, 11) is 3.00. The highest BCUT2D eigenvalue weighted by molar-refractivity contribution is 5.91. The second-order valence-electron chi connectivity index (χ2n) is 8.06. The summed E-state index contributed by atoms with van der Waals surface area (Å²) in [5.74, 6) is -0.361. The summed E-state index contributed by atoms with van der Waals surface area (Å²) in [5, 5.41) is 0.618. The zero-order valence-electron chi connectivity index (χ0n) is 20.2. The number of fused-ring (bicyclic) bond motifs is 4. The van der Waals surface area contributed by atoms with E-state index in [1.54, 1.807) is 18.1 Å². The number of ether oxygens (including phenoxy) is 2. The van der Waals surface area contributed by atoms with Gasteiger partial charge in [-0.3, -0.25) is 9.69 Å². The molecule has 6 heteroatoms. The maximum atomic E-state index is 13.6. The minimum Gasteiger partial charge on any atom is -0.468 e. The van der Waals surface area contributed by atoms with Crippen molar-refractivity contribution in [2.75, 3.05) is 33.9 Å². The van der Waals surface area contributed by atoms with Crippen LogP contribution in [0.4, 0.5) is 0 Å². The molecule has 0 spiro atoms. The van der Waals surface area contributed by atoms with E-state index < -0.39 is 30.3 Å². The van der Waals surface area contributed by atoms with Gasteiger partial charge in [-0.2, -0.15) is 0 Å². The first-order valence-corrected chi connectivity index (χ1v) is 9.66. The number of aryl methyl sites for hydroxylation is 1. The Morgan fingerprint density at radius 1 is 1.39 bits per heavy atom. The third-order valence-corrected chi connectivity index (χ3v) is 6.71. The topological polar surface area (TPSA) is 54.6 Å². The van der Waals surface area contributed by atoms with E-state index in [0.717, 1.165) is 6.42 Å². The molecular formula is C22H29ClN2O3. The number of carbonyl (C=O) groups is 1. The van der Waals surface area contributed by atoms with E-state index >= 15 is 0 Å². The third kappa shape index (κ3) is 2.63. The fraction of sp³-hybridized carbons (Fsp3) is 0.591. The second-order valence-corrected chi connectivity index (χ2v) is 8.06. The highest BCUT2D eigenvalue weighted by Crippen LogP contribution is 2.55. The number of halogens is 1. The van der Waals surface area contributed by atoms with Gasteiger partial charge in [0.25, 0.3) is 0 Å². The normalized spacial score (nSPS) is 38.8. The van der Waals surface area contributed by atoms with Crippen LogP contribution >= 0.6 is 12.4 Å². The van der Waals surface area contributed by atoms with Gasteiger partial charge in [-0.25, -0.2) is 0 Å². The molecular weight excluding hydrogens is 376 g/mol. The van der Waals surface area contributed by atoms with Gasteiger partial charge < -0.3 is 14.5 Å². The maximum absolute atomic E-state index is 13.6. The molecule has 0 amide bonds. The quantitative estimate of drug-likeness (QED) is 0.788. The summed E-state index contributed by atoms with van der Waals surface area (Å²) in [4.78, 5) is 18.6. The minimum atomic E-state index is -2.33. The second kappa shape index (κ2) is 7.36. The molecule has 2 aromatic rings. The number of hydrogen-bond acceptors (Lipinski definition) is 4. The SMILES string of the molecule is Cl.[2H]C1([2H])c2c([nH]c3ccccc23)[C@@]2(C(=O)OC)CC3C[C@@H](CCOC)C2N(C3)C1([2H])[2H]. The first-order chi connectivity index (χ1) is 14.7. The van der Waals surface area contributed by atoms with Crippen molar-refractivity contribution in [3.63, 3.8) is 0 Å². The van der Waals surface area contributed by atoms with Crippen molar-refractivity contribution < 1.29 is 19.8 Å². The third-order valence-electron chi connectivity index (χ3n) is 6.71. The summed E-state index contributed by atoms with van der Waals surface area (Å²) in [6, 6.07) is 6.81. The van der Waals surface area contributed by atoms with E-state index in [1.807, 2.05) is 18.2 Å². The summed E-state index contributed by atoms with van der Waals surface area (Å²) < 4.78 is 46.8. The molecule has 152 valence electrons. The summed E-state index contributed by atoms with van der Waals surface area (Å²) in [5.41, 5.74) is 0.284. The van der Waals surface area contributed by atoms with Crippen LogP contribution < -0.4 is 0 Å². The predicted octanol–water partition coefficient (Wildman–Crippen LogP) is 3.30. The van der Waals surface area contributed by atoms with Crippen LogP contribution in [0.15, 0.2) is 24.3 Å². The number of H-pyrrole nitrogens is 1. The number of para-hydroxylation sites is 1. The van der Waals surface area contributed by atoms with Crippen molar-refractivity contribution in [3.8, 4) is 0 Å². The number of piperidine rings is 2. The Bertz CT molecular complexity index is 1050. The Kier molecular flexibility index (Phi) is 4.02. The first kappa shape index (κ1) is 15.3. The Hall–Kier alpha value is -1.56. The molecule has 1 N–H and O–H groups in total. The van der Waals surface area contributed by atoms with E-state index in [2.05, 4.69) is 4.98 Å². The van der Waals surface area contributed by atoms with Crippen molar-refractivity contribution in [2.45, 2.75) is 37.1 Å². The minimum absolute atomic E-state index is 0. The number of nitrogens with zero attached hydrogens (tertiary/aromatic N) is 1. The van der Waals surface area contributed by atoms with Crippen LogP contribution in [0.5, 0.6) is 0 Å². The van der Waals surface area contributed by atoms with Gasteiger partial charge in [0.05, 0.1) is 7.11 Å². The molecule has 1 saturated carbocycles. The van der Waals surface area contributed by atoms with Gasteiger partial charge in [-0.1, -0.05) is 18.2 Å². The van der Waals surface area contributed by atoms with Crippen LogP contribution in [-0.2, 0) is 26.1 Å². The molecule has 2 saturated heterocycles. The average molecular weight is 409 g/mol. The van der Waals surface area contributed by atoms with Crippen LogP contribution in [0.25, 0.3) is 10.9 Å². The monoisotopic (exact) mass is 408 g/mol. The van der Waals surface area contributed by atoms with Crippen molar-refractivity contribution in [1.82, 2.24) is 9.88 Å². The number of esters is 1. The highest BCUT2D eigenvalue weighted by atomic mass is 35.5. The smallest absolute Gasteiger partial charge is 0.319 e. The molecule has 28 heavy (non-hydrogen) atoms. The average Bonchev–Trinajstić information content (AvgIpc) is 3.16. The van der Waals surface area contributed by atoms with E-state index in [9.17, 15) is 4.79 Å². The van der Waals surface area contributed by atoms with Crippen LogP contribution in [0.2, 0.25) is 0 Å². The van der Waals surface area contributed by atoms with Crippen molar-refractivity contribution >= 4 is 29.3 Å². The lowest BCUT2D eigenvalue weighted by Gasteiger charge is -2.58. The number of aromatic amines is 1. The molecule has 3 fully saturated rings. The zero-order chi connectivity index (χ0) is 22.2. The number of nitrogens with one attached hydrogen (secondary N) is 1. The van der Waals surface area contributed by atoms with Crippen LogP contribution in [0.1, 0.15) is 36.0 Å². The molecule has 3 aliphatic heterocycles. The number of aromatic nitrogens is 1. The molecule has 5 atom stereocenters. The summed E-state index contributed by atoms with van der Waals surface area (Å²) >= 11 is 0. The van der Waals surface area contributed by atoms with Crippen molar-refractivity contribution in [2.24, 2.45) is 11.8 Å². The van der Waals surface area contributed by atoms with Crippen molar-refractivity contribution in [1.29, 1.82) is 0 Å². The first-order valence-electron chi connectivity index (χ1n) is 11.7. The van der Waals surface area contributed by atoms with Crippen LogP contribution in [0, 0.1) is 11.8 Å². The number of methoxy groups -OCH3 is 2. The zero-order valence-corrected chi connectivity index (χ0v) is 17.0. The Morgan fingerprint density at radius 2 is 2.21 bits per heavy atom. The lowest BCUT2D eigenvalue weighted by Crippen LogP contribution is -2.67. The van der Waals surface area contributed by atoms with Crippen LogP contribution in [0.3, 0.4) is 0 Å². The van der Waals surface area contributed by atoms with Gasteiger partial charge in [0.1, 0.15) is 5.41 Å². The van der Waals surface area contributed by atoms with Gasteiger partial charge in [0.2, 0.25) is 0 Å². The highest BCUT2D eigenvalue weighted by Gasteiger charge is 2.62. The maximum Gasteiger partial charge on any atom is 0.319 e. The van der Waals surface area contributed by atoms with Crippen molar-refractivity contribution in [3.05, 3.63) is 35.5 Å². The standard InChI is InChI=1S/C22H28N2O3.ClH/c1-26-10-8-15-11-14-12-22(21(25)27-2)19-17(7-9-24(13-14)20(15)22)16-5-3-4-6-18(16)23-19;/h3-6,14-15,20,23H,7-13H2,1-2H3;1H/t14?,15-,20?,22+;/m1./s1/i7D2,9D2;. The van der Waals surface area contributed by atoms with Crippen LogP contribution in [-0.4, -0.2) is 55.8 Å². The summed E-state index contributed by atoms with van der Waals surface area (Å²) in [6.07, 6.45) is -0.246. The molecule has 4 heterocycles. The number of carbonyl (C=O) groups excluding carboxylic acids is 1. The molecule has 0 radical (unpaired) electrons. The number of hydrogen-bond donors (Lipinski definition) is 1. The Morgan fingerprint density at radius 3 is 3.00 bits per heavy atom. The number of rotatable bonds is 4. The summed E-state index contributed by atoms with van der Waals surface area (Å²) in [6.45, 7) is -1.35. The van der Waals surface area contributed by atoms with E-state index in [1.165, 1.54) is 7.11 Å². The molecule has 5 nitrogen and oxygen atoms in total. The largest absolute Gasteiger partial charge is 0.468 e. The molecule has 4 bridgehead atoms. The molecule has 6 rings (SSSR count). The molecule has 1 aromatic heterocycles. The van der Waals surface area contributed by atoms with Gasteiger partial charge in [-0.05, 0) is 49.1 Å². The van der Waals surface area contributed by atoms with E-state index in [4.69, 9.17) is 15.0 Å². The van der Waals surface area contributed by atoms with Gasteiger partial charge >= 0.3 is 5.97 Å². The number of benzene rings is 1. The molecule has 3 unspecified atom stereocenters. The van der Waals surface area contributed by atoms with Gasteiger partial charge in [0, 0.05) is 54.9 Å². The fourth-order valence-corrected chi connectivity index (χ4v) is 5.80. The molecule has 4 aliphatic rings. The lowest BCUT2D eigenvalue weighted by atomic mass is 9.56. The Labute approximate surface area is 177 Å². The van der Waals surface area contributed by atoms with E-state index in [0.29, 0.717) is 42.6 Å². The molecule has 1 aromatic carbocycles. The lowest BCUT2D eigenvalue weighted by molar-refractivity contribution is -0.162. The van der Waals surface area contributed by atoms with E-state index in [-0.39, 0.29) is 29.8 Å². The fourth-order valence-electron chi connectivity index (χ4n) is 5.80. The van der Waals surface area contributed by atoms with Gasteiger partial charge in [0.15, 0.2) is 0 Å². The van der Waals surface area contributed by atoms with Gasteiger partial charge in [-0.15, -0.1) is 12.4 Å². The predicted molar refractivity (Wildman–Crippen MR) is 111 cm³/mol. The Balaban J connectivity index is 0.00000245. The molecule has 1 aliphatic carbocycles.